The molecule has 4 nitrogen and oxygen atoms in total. The second-order valence-electron chi connectivity index (χ2n) is 3.18. The van der Waals surface area contributed by atoms with E-state index in [4.69, 9.17) is 5.11 Å². The van der Waals surface area contributed by atoms with Crippen molar-refractivity contribution in [1.82, 2.24) is 10.2 Å². The lowest BCUT2D eigenvalue weighted by atomic mass is 10.3. The van der Waals surface area contributed by atoms with Gasteiger partial charge in [-0.05, 0) is 31.9 Å². The topological polar surface area (TPSA) is 58.0 Å². The molecule has 0 aliphatic carbocycles. The Hall–Kier alpha value is -1.16. The number of aliphatic hydroxyl groups is 1. The van der Waals surface area contributed by atoms with Gasteiger partial charge in [0.25, 0.3) is 0 Å². The lowest BCUT2D eigenvalue weighted by molar-refractivity contribution is 0.188. The molecule has 1 aromatic rings. The van der Waals surface area contributed by atoms with Crippen molar-refractivity contribution in [2.45, 2.75) is 26.4 Å². The summed E-state index contributed by atoms with van der Waals surface area (Å²) < 4.78 is 0. The standard InChI is InChI=1S/C9H15N3O/c1-7-5-9(12-11-6-7)10-4-3-8(2)13/h5-6,8,13H,3-4H2,1-2H3,(H,10,12). The van der Waals surface area contributed by atoms with Gasteiger partial charge < -0.3 is 10.4 Å². The van der Waals surface area contributed by atoms with Gasteiger partial charge in [0.05, 0.1) is 12.3 Å². The van der Waals surface area contributed by atoms with Gasteiger partial charge in [-0.2, -0.15) is 5.10 Å². The molecule has 0 saturated carbocycles. The van der Waals surface area contributed by atoms with E-state index in [1.54, 1.807) is 13.1 Å². The third-order valence-corrected chi connectivity index (χ3v) is 1.66. The normalized spacial score (nSPS) is 12.5. The van der Waals surface area contributed by atoms with Gasteiger partial charge in [0.2, 0.25) is 0 Å². The predicted molar refractivity (Wildman–Crippen MR) is 51.6 cm³/mol. The third-order valence-electron chi connectivity index (χ3n) is 1.66. The van der Waals surface area contributed by atoms with Crippen LogP contribution in [-0.2, 0) is 0 Å². The number of nitrogens with zero attached hydrogens (tertiary/aromatic N) is 2. The maximum absolute atomic E-state index is 9.01. The zero-order valence-electron chi connectivity index (χ0n) is 7.99. The molecular formula is C9H15N3O. The monoisotopic (exact) mass is 181 g/mol. The molecule has 0 radical (unpaired) electrons. The molecule has 0 spiro atoms. The van der Waals surface area contributed by atoms with Gasteiger partial charge in [-0.25, -0.2) is 0 Å². The smallest absolute Gasteiger partial charge is 0.148 e. The molecule has 0 amide bonds. The summed E-state index contributed by atoms with van der Waals surface area (Å²) in [7, 11) is 0. The quantitative estimate of drug-likeness (QED) is 0.726. The Kier molecular flexibility index (Phi) is 3.64. The average Bonchev–Trinajstić information content (AvgIpc) is 2.03. The first-order valence-electron chi connectivity index (χ1n) is 4.40. The number of anilines is 1. The number of hydrogen-bond acceptors (Lipinski definition) is 4. The van der Waals surface area contributed by atoms with Crippen LogP contribution in [0.15, 0.2) is 12.3 Å². The fourth-order valence-electron chi connectivity index (χ4n) is 0.959. The summed E-state index contributed by atoms with van der Waals surface area (Å²) in [5, 5.41) is 19.8. The summed E-state index contributed by atoms with van der Waals surface area (Å²) in [6.07, 6.45) is 2.15. The summed E-state index contributed by atoms with van der Waals surface area (Å²) in [5.74, 6) is 0.764. The van der Waals surface area contributed by atoms with Crippen molar-refractivity contribution in [3.8, 4) is 0 Å². The average molecular weight is 181 g/mol. The van der Waals surface area contributed by atoms with Gasteiger partial charge in [0, 0.05) is 6.54 Å². The van der Waals surface area contributed by atoms with Gasteiger partial charge in [0.1, 0.15) is 5.82 Å². The molecule has 1 rings (SSSR count). The maximum Gasteiger partial charge on any atom is 0.148 e. The first-order valence-corrected chi connectivity index (χ1v) is 4.40. The lowest BCUT2D eigenvalue weighted by Crippen LogP contribution is -2.10. The molecule has 0 fully saturated rings. The molecular weight excluding hydrogens is 166 g/mol. The van der Waals surface area contributed by atoms with E-state index in [9.17, 15) is 0 Å². The Bertz CT molecular complexity index is 263. The molecule has 1 atom stereocenters. The van der Waals surface area contributed by atoms with Crippen LogP contribution in [-0.4, -0.2) is 28.0 Å². The number of hydrogen-bond donors (Lipinski definition) is 2. The fraction of sp³-hybridized carbons (Fsp3) is 0.556. The molecule has 1 aromatic heterocycles. The van der Waals surface area contributed by atoms with Gasteiger partial charge in [-0.3, -0.25) is 0 Å². The van der Waals surface area contributed by atoms with Gasteiger partial charge in [0.15, 0.2) is 0 Å². The highest BCUT2D eigenvalue weighted by Crippen LogP contribution is 2.03. The van der Waals surface area contributed by atoms with Gasteiger partial charge >= 0.3 is 0 Å². The number of aliphatic hydroxyl groups excluding tert-OH is 1. The van der Waals surface area contributed by atoms with Crippen molar-refractivity contribution < 1.29 is 5.11 Å². The van der Waals surface area contributed by atoms with Crippen LogP contribution in [0.3, 0.4) is 0 Å². The summed E-state index contributed by atoms with van der Waals surface area (Å²) >= 11 is 0. The molecule has 72 valence electrons. The fourth-order valence-corrected chi connectivity index (χ4v) is 0.959. The van der Waals surface area contributed by atoms with Crippen LogP contribution in [0.25, 0.3) is 0 Å². The summed E-state index contributed by atoms with van der Waals surface area (Å²) in [5.41, 5.74) is 1.08. The zero-order chi connectivity index (χ0) is 9.68. The number of aryl methyl sites for hydroxylation is 1. The van der Waals surface area contributed by atoms with E-state index in [2.05, 4.69) is 15.5 Å². The molecule has 0 aliphatic heterocycles. The van der Waals surface area contributed by atoms with Crippen molar-refractivity contribution in [3.05, 3.63) is 17.8 Å². The van der Waals surface area contributed by atoms with E-state index >= 15 is 0 Å². The Morgan fingerprint density at radius 2 is 2.38 bits per heavy atom. The summed E-state index contributed by atoms with van der Waals surface area (Å²) in [6.45, 7) is 4.45. The van der Waals surface area contributed by atoms with E-state index in [0.717, 1.165) is 24.3 Å². The predicted octanol–water partition coefficient (Wildman–Crippen LogP) is 0.968. The van der Waals surface area contributed by atoms with Crippen LogP contribution in [0.2, 0.25) is 0 Å². The van der Waals surface area contributed by atoms with Crippen LogP contribution < -0.4 is 5.32 Å². The second kappa shape index (κ2) is 4.77. The van der Waals surface area contributed by atoms with Crippen molar-refractivity contribution in [2.75, 3.05) is 11.9 Å². The van der Waals surface area contributed by atoms with Crippen molar-refractivity contribution in [2.24, 2.45) is 0 Å². The van der Waals surface area contributed by atoms with Crippen molar-refractivity contribution in [1.29, 1.82) is 0 Å². The highest BCUT2D eigenvalue weighted by molar-refractivity contribution is 5.34. The Morgan fingerprint density at radius 1 is 1.62 bits per heavy atom. The first-order chi connectivity index (χ1) is 6.18. The van der Waals surface area contributed by atoms with Gasteiger partial charge in [-0.1, -0.05) is 0 Å². The SMILES string of the molecule is Cc1cnnc(NCCC(C)O)c1. The van der Waals surface area contributed by atoms with E-state index in [-0.39, 0.29) is 6.10 Å². The minimum atomic E-state index is -0.273. The van der Waals surface area contributed by atoms with Crippen LogP contribution in [0.1, 0.15) is 18.9 Å². The highest BCUT2D eigenvalue weighted by Gasteiger charge is 1.97. The van der Waals surface area contributed by atoms with Crippen LogP contribution in [0.4, 0.5) is 5.82 Å². The Labute approximate surface area is 78.0 Å². The van der Waals surface area contributed by atoms with Crippen molar-refractivity contribution >= 4 is 5.82 Å². The number of aromatic nitrogens is 2. The number of rotatable bonds is 4. The zero-order valence-corrected chi connectivity index (χ0v) is 7.99. The van der Waals surface area contributed by atoms with Gasteiger partial charge in [-0.15, -0.1) is 5.10 Å². The lowest BCUT2D eigenvalue weighted by Gasteiger charge is -2.06. The van der Waals surface area contributed by atoms with E-state index in [1.165, 1.54) is 0 Å². The van der Waals surface area contributed by atoms with Crippen LogP contribution >= 0.6 is 0 Å². The molecule has 2 N–H and O–H groups in total. The molecule has 13 heavy (non-hydrogen) atoms. The highest BCUT2D eigenvalue weighted by atomic mass is 16.3. The molecule has 0 aliphatic rings. The molecule has 0 aromatic carbocycles. The minimum Gasteiger partial charge on any atom is -0.393 e. The summed E-state index contributed by atoms with van der Waals surface area (Å²) in [6, 6.07) is 1.93. The Balaban J connectivity index is 2.37. The van der Waals surface area contributed by atoms with Crippen molar-refractivity contribution in [3.63, 3.8) is 0 Å². The summed E-state index contributed by atoms with van der Waals surface area (Å²) in [4.78, 5) is 0. The molecule has 0 bridgehead atoms. The largest absolute Gasteiger partial charge is 0.393 e. The Morgan fingerprint density at radius 3 is 3.00 bits per heavy atom. The van der Waals surface area contributed by atoms with E-state index < -0.39 is 0 Å². The molecule has 0 saturated heterocycles. The van der Waals surface area contributed by atoms with Crippen LogP contribution in [0.5, 0.6) is 0 Å². The third kappa shape index (κ3) is 3.85. The number of nitrogens with one attached hydrogen (secondary N) is 1. The molecule has 4 heteroatoms. The van der Waals surface area contributed by atoms with E-state index in [1.807, 2.05) is 13.0 Å². The first kappa shape index (κ1) is 9.92. The van der Waals surface area contributed by atoms with E-state index in [0.29, 0.717) is 0 Å². The minimum absolute atomic E-state index is 0.273. The maximum atomic E-state index is 9.01. The molecule has 1 unspecified atom stereocenters. The van der Waals surface area contributed by atoms with Crippen LogP contribution in [0, 0.1) is 6.92 Å². The second-order valence-corrected chi connectivity index (χ2v) is 3.18. The molecule has 1 heterocycles.